The van der Waals surface area contributed by atoms with E-state index in [1.54, 1.807) is 0 Å². The number of benzene rings is 2. The first-order valence-corrected chi connectivity index (χ1v) is 8.72. The highest BCUT2D eigenvalue weighted by atomic mass is 16.2. The van der Waals surface area contributed by atoms with Crippen LogP contribution in [0.15, 0.2) is 54.2 Å². The van der Waals surface area contributed by atoms with E-state index in [1.165, 1.54) is 27.8 Å². The Bertz CT molecular complexity index is 1120. The second-order valence-corrected chi connectivity index (χ2v) is 7.06. The number of fused-ring (bicyclic) bond motifs is 9. The number of hydrogen-bond donors (Lipinski definition) is 1. The standard InChI is InChI=1S/C21H17N3O/c1-23-15-9-5-3-7-13(15)18-19-17(11-22-21(19)25)24-14-8-4-2-6-12(14)10-16(24)20(18)23/h2-9,16H,10-11H2,1H3,(H,22,25). The maximum absolute atomic E-state index is 12.7. The van der Waals surface area contributed by atoms with Gasteiger partial charge in [-0.25, -0.2) is 0 Å². The van der Waals surface area contributed by atoms with Crippen molar-refractivity contribution in [3.8, 4) is 0 Å². The van der Waals surface area contributed by atoms with E-state index in [-0.39, 0.29) is 11.9 Å². The lowest BCUT2D eigenvalue weighted by Crippen LogP contribution is -2.31. The Labute approximate surface area is 145 Å². The van der Waals surface area contributed by atoms with Gasteiger partial charge in [-0.3, -0.25) is 4.79 Å². The molecule has 0 fully saturated rings. The van der Waals surface area contributed by atoms with Gasteiger partial charge in [0.25, 0.3) is 5.91 Å². The van der Waals surface area contributed by atoms with E-state index in [0.29, 0.717) is 6.54 Å². The normalized spacial score (nSPS) is 20.4. The van der Waals surface area contributed by atoms with Gasteiger partial charge in [-0.1, -0.05) is 36.4 Å². The molecule has 3 aliphatic rings. The molecule has 0 spiro atoms. The summed E-state index contributed by atoms with van der Waals surface area (Å²) >= 11 is 0. The number of carbonyl (C=O) groups is 1. The second-order valence-electron chi connectivity index (χ2n) is 7.06. The molecular formula is C21H17N3O. The number of nitrogens with one attached hydrogen (secondary N) is 1. The fraction of sp³-hybridized carbons (Fsp3) is 0.190. The van der Waals surface area contributed by atoms with Crippen molar-refractivity contribution in [2.45, 2.75) is 12.5 Å². The molecule has 4 nitrogen and oxygen atoms in total. The van der Waals surface area contributed by atoms with E-state index in [4.69, 9.17) is 0 Å². The van der Waals surface area contributed by atoms with E-state index >= 15 is 0 Å². The van der Waals surface area contributed by atoms with Crippen LogP contribution < -0.4 is 10.2 Å². The number of para-hydroxylation sites is 2. The van der Waals surface area contributed by atoms with Gasteiger partial charge in [0.05, 0.1) is 29.6 Å². The average Bonchev–Trinajstić information content (AvgIpc) is 3.28. The van der Waals surface area contributed by atoms with Crippen molar-refractivity contribution >= 4 is 28.1 Å². The third-order valence-corrected chi connectivity index (χ3v) is 5.92. The number of aromatic nitrogens is 1. The number of rotatable bonds is 0. The Hall–Kier alpha value is -3.01. The van der Waals surface area contributed by atoms with E-state index in [9.17, 15) is 4.79 Å². The molecule has 4 heteroatoms. The molecule has 2 aromatic carbocycles. The fourth-order valence-corrected chi connectivity index (χ4v) is 4.94. The van der Waals surface area contributed by atoms with E-state index in [1.807, 2.05) is 0 Å². The number of anilines is 1. The van der Waals surface area contributed by atoms with E-state index in [0.717, 1.165) is 23.3 Å². The van der Waals surface area contributed by atoms with Crippen molar-refractivity contribution in [3.05, 3.63) is 71.0 Å². The van der Waals surface area contributed by atoms with Gasteiger partial charge in [-0.05, 0) is 17.7 Å². The lowest BCUT2D eigenvalue weighted by atomic mass is 9.92. The Balaban J connectivity index is 1.75. The molecule has 0 radical (unpaired) electrons. The fourth-order valence-electron chi connectivity index (χ4n) is 4.94. The molecule has 1 unspecified atom stereocenters. The van der Waals surface area contributed by atoms with Gasteiger partial charge in [-0.2, -0.15) is 0 Å². The van der Waals surface area contributed by atoms with Gasteiger partial charge in [-0.15, -0.1) is 0 Å². The molecule has 0 aliphatic carbocycles. The van der Waals surface area contributed by atoms with Crippen molar-refractivity contribution in [2.75, 3.05) is 11.4 Å². The molecule has 1 aromatic heterocycles. The minimum atomic E-state index is 0.0513. The van der Waals surface area contributed by atoms with Crippen molar-refractivity contribution in [3.63, 3.8) is 0 Å². The summed E-state index contributed by atoms with van der Waals surface area (Å²) in [6.07, 6.45) is 0.984. The van der Waals surface area contributed by atoms with Crippen molar-refractivity contribution < 1.29 is 4.79 Å². The molecule has 6 rings (SSSR count). The van der Waals surface area contributed by atoms with Gasteiger partial charge in [0.1, 0.15) is 0 Å². The summed E-state index contributed by atoms with van der Waals surface area (Å²) in [4.78, 5) is 15.1. The first-order chi connectivity index (χ1) is 12.3. The Kier molecular flexibility index (Phi) is 2.31. The van der Waals surface area contributed by atoms with Gasteiger partial charge >= 0.3 is 0 Å². The maximum Gasteiger partial charge on any atom is 0.254 e. The zero-order valence-corrected chi connectivity index (χ0v) is 13.9. The number of hydrogen-bond acceptors (Lipinski definition) is 2. The molecule has 0 saturated heterocycles. The predicted octanol–water partition coefficient (Wildman–Crippen LogP) is 3.14. The van der Waals surface area contributed by atoms with Crippen LogP contribution in [0.2, 0.25) is 0 Å². The minimum Gasteiger partial charge on any atom is -0.346 e. The van der Waals surface area contributed by atoms with Gasteiger partial charge in [0.15, 0.2) is 0 Å². The number of nitrogens with zero attached hydrogens (tertiary/aromatic N) is 2. The van der Waals surface area contributed by atoms with Crippen molar-refractivity contribution in [2.24, 2.45) is 7.05 Å². The molecule has 3 aliphatic heterocycles. The second kappa shape index (κ2) is 4.33. The monoisotopic (exact) mass is 327 g/mol. The molecule has 0 saturated carbocycles. The smallest absolute Gasteiger partial charge is 0.254 e. The van der Waals surface area contributed by atoms with Gasteiger partial charge < -0.3 is 14.8 Å². The summed E-state index contributed by atoms with van der Waals surface area (Å²) in [5.74, 6) is 0.0513. The molecule has 3 aromatic rings. The van der Waals surface area contributed by atoms with Crippen molar-refractivity contribution in [1.82, 2.24) is 9.88 Å². The number of aryl methyl sites for hydroxylation is 1. The van der Waals surface area contributed by atoms with Gasteiger partial charge in [0, 0.05) is 35.6 Å². The summed E-state index contributed by atoms with van der Waals surface area (Å²) in [6, 6.07) is 17.3. The topological polar surface area (TPSA) is 37.3 Å². The molecule has 0 bridgehead atoms. The first-order valence-electron chi connectivity index (χ1n) is 8.72. The minimum absolute atomic E-state index is 0.0513. The third kappa shape index (κ3) is 1.46. The Morgan fingerprint density at radius 2 is 1.88 bits per heavy atom. The largest absolute Gasteiger partial charge is 0.346 e. The zero-order chi connectivity index (χ0) is 16.7. The quantitative estimate of drug-likeness (QED) is 0.689. The lowest BCUT2D eigenvalue weighted by Gasteiger charge is -2.34. The molecule has 1 amide bonds. The van der Waals surface area contributed by atoms with Crippen LogP contribution >= 0.6 is 0 Å². The van der Waals surface area contributed by atoms with Gasteiger partial charge in [0.2, 0.25) is 0 Å². The molecule has 25 heavy (non-hydrogen) atoms. The zero-order valence-electron chi connectivity index (χ0n) is 13.9. The lowest BCUT2D eigenvalue weighted by molar-refractivity contribution is -0.114. The van der Waals surface area contributed by atoms with Crippen LogP contribution in [-0.2, 0) is 18.3 Å². The molecule has 4 heterocycles. The first kappa shape index (κ1) is 13.3. The average molecular weight is 327 g/mol. The maximum atomic E-state index is 12.7. The summed E-state index contributed by atoms with van der Waals surface area (Å²) in [5, 5.41) is 4.24. The van der Waals surface area contributed by atoms with Crippen LogP contribution in [0.3, 0.4) is 0 Å². The summed E-state index contributed by atoms with van der Waals surface area (Å²) < 4.78 is 2.28. The van der Waals surface area contributed by atoms with E-state index in [2.05, 4.69) is 70.4 Å². The Morgan fingerprint density at radius 1 is 1.08 bits per heavy atom. The van der Waals surface area contributed by atoms with Crippen LogP contribution in [0.1, 0.15) is 22.9 Å². The predicted molar refractivity (Wildman–Crippen MR) is 98.2 cm³/mol. The van der Waals surface area contributed by atoms with Crippen LogP contribution in [0.25, 0.3) is 16.5 Å². The molecule has 1 N–H and O–H groups in total. The van der Waals surface area contributed by atoms with Crippen LogP contribution in [0, 0.1) is 0 Å². The molecule has 122 valence electrons. The van der Waals surface area contributed by atoms with Crippen LogP contribution in [0.5, 0.6) is 0 Å². The number of carbonyl (C=O) groups excluding carboxylic acids is 1. The highest BCUT2D eigenvalue weighted by Crippen LogP contribution is 2.52. The Morgan fingerprint density at radius 3 is 2.80 bits per heavy atom. The number of amides is 1. The van der Waals surface area contributed by atoms with Crippen LogP contribution in [0.4, 0.5) is 5.69 Å². The highest BCUT2D eigenvalue weighted by Gasteiger charge is 2.45. The molecular weight excluding hydrogens is 310 g/mol. The molecule has 1 atom stereocenters. The van der Waals surface area contributed by atoms with Crippen LogP contribution in [-0.4, -0.2) is 17.0 Å². The summed E-state index contributed by atoms with van der Waals surface area (Å²) in [7, 11) is 2.13. The third-order valence-electron chi connectivity index (χ3n) is 5.92. The summed E-state index contributed by atoms with van der Waals surface area (Å²) in [6.45, 7) is 0.613. The summed E-state index contributed by atoms with van der Waals surface area (Å²) in [5.41, 5.74) is 8.18. The highest BCUT2D eigenvalue weighted by molar-refractivity contribution is 6.27. The van der Waals surface area contributed by atoms with E-state index < -0.39 is 0 Å². The van der Waals surface area contributed by atoms with Crippen molar-refractivity contribution in [1.29, 1.82) is 0 Å². The SMILES string of the molecule is Cn1c2c(c3ccccc31)C1=C(CNC1=O)N1c3ccccc3CC21.